The van der Waals surface area contributed by atoms with E-state index in [1.54, 1.807) is 26.1 Å². The molecule has 1 amide bonds. The highest BCUT2D eigenvalue weighted by Crippen LogP contribution is 2.22. The standard InChI is InChI=1S/C18H24N4O3/c1-12-10-15(13(2)25-12)18(24)19-11-14-6-4-5-9-22(14)16-7-8-17(23)21(3)20-16/h7-8,10,14H,4-6,9,11H2,1-3H3,(H,19,24). The maximum absolute atomic E-state index is 12.4. The molecule has 1 atom stereocenters. The molecule has 2 aromatic heterocycles. The number of nitrogens with zero attached hydrogens (tertiary/aromatic N) is 3. The summed E-state index contributed by atoms with van der Waals surface area (Å²) in [5.74, 6) is 2.02. The number of hydrogen-bond donors (Lipinski definition) is 1. The Kier molecular flexibility index (Phi) is 4.92. The molecule has 0 radical (unpaired) electrons. The maximum atomic E-state index is 12.4. The predicted molar refractivity (Wildman–Crippen MR) is 95.0 cm³/mol. The number of aromatic nitrogens is 2. The normalized spacial score (nSPS) is 17.6. The van der Waals surface area contributed by atoms with E-state index in [1.807, 2.05) is 6.92 Å². The second-order valence-corrected chi connectivity index (χ2v) is 6.53. The van der Waals surface area contributed by atoms with E-state index < -0.39 is 0 Å². The molecule has 1 aliphatic heterocycles. The van der Waals surface area contributed by atoms with Gasteiger partial charge in [-0.25, -0.2) is 4.68 Å². The average molecular weight is 344 g/mol. The molecule has 134 valence electrons. The van der Waals surface area contributed by atoms with Crippen molar-refractivity contribution in [2.45, 2.75) is 39.2 Å². The van der Waals surface area contributed by atoms with E-state index in [1.165, 1.54) is 10.7 Å². The molecule has 2 aromatic rings. The Balaban J connectivity index is 1.71. The number of anilines is 1. The molecule has 7 heteroatoms. The topological polar surface area (TPSA) is 80.4 Å². The Morgan fingerprint density at radius 3 is 2.84 bits per heavy atom. The molecule has 0 saturated carbocycles. The van der Waals surface area contributed by atoms with Crippen LogP contribution in [0.15, 0.2) is 27.4 Å². The van der Waals surface area contributed by atoms with E-state index >= 15 is 0 Å². The van der Waals surface area contributed by atoms with Gasteiger partial charge in [0.25, 0.3) is 11.5 Å². The number of aryl methyl sites for hydroxylation is 3. The number of amides is 1. The minimum Gasteiger partial charge on any atom is -0.466 e. The predicted octanol–water partition coefficient (Wildman–Crippen LogP) is 1.78. The van der Waals surface area contributed by atoms with Crippen LogP contribution in [0.1, 0.15) is 41.1 Å². The number of carbonyl (C=O) groups is 1. The van der Waals surface area contributed by atoms with Gasteiger partial charge in [-0.1, -0.05) is 0 Å². The highest BCUT2D eigenvalue weighted by atomic mass is 16.3. The Bertz CT molecular complexity index is 824. The third kappa shape index (κ3) is 3.75. The van der Waals surface area contributed by atoms with Crippen LogP contribution in [-0.4, -0.2) is 34.8 Å². The van der Waals surface area contributed by atoms with Crippen molar-refractivity contribution in [3.63, 3.8) is 0 Å². The first-order valence-corrected chi connectivity index (χ1v) is 8.62. The molecule has 1 N–H and O–H groups in total. The molecular formula is C18H24N4O3. The van der Waals surface area contributed by atoms with Crippen molar-refractivity contribution in [3.8, 4) is 0 Å². The first-order valence-electron chi connectivity index (χ1n) is 8.62. The molecule has 3 rings (SSSR count). The number of furan rings is 1. The lowest BCUT2D eigenvalue weighted by atomic mass is 10.0. The Morgan fingerprint density at radius 2 is 2.16 bits per heavy atom. The highest BCUT2D eigenvalue weighted by Gasteiger charge is 2.25. The van der Waals surface area contributed by atoms with Gasteiger partial charge in [0.1, 0.15) is 17.3 Å². The SMILES string of the molecule is Cc1cc(C(=O)NCC2CCCCN2c2ccc(=O)n(C)n2)c(C)o1. The van der Waals surface area contributed by atoms with Crippen LogP contribution in [0.2, 0.25) is 0 Å². The minimum atomic E-state index is -0.128. The zero-order valence-corrected chi connectivity index (χ0v) is 14.9. The van der Waals surface area contributed by atoms with Gasteiger partial charge in [-0.3, -0.25) is 9.59 Å². The molecule has 25 heavy (non-hydrogen) atoms. The number of hydrogen-bond acceptors (Lipinski definition) is 5. The second-order valence-electron chi connectivity index (χ2n) is 6.53. The summed E-state index contributed by atoms with van der Waals surface area (Å²) in [5, 5.41) is 7.36. The molecule has 0 aromatic carbocycles. The lowest BCUT2D eigenvalue weighted by Crippen LogP contribution is -2.47. The Hall–Kier alpha value is -2.57. The summed E-state index contributed by atoms with van der Waals surface area (Å²) >= 11 is 0. The van der Waals surface area contributed by atoms with E-state index in [-0.39, 0.29) is 17.5 Å². The van der Waals surface area contributed by atoms with Crippen molar-refractivity contribution in [3.05, 3.63) is 45.6 Å². The van der Waals surface area contributed by atoms with Crippen LogP contribution in [-0.2, 0) is 7.05 Å². The number of carbonyl (C=O) groups excluding carboxylic acids is 1. The minimum absolute atomic E-state index is 0.117. The van der Waals surface area contributed by atoms with Crippen LogP contribution in [0.25, 0.3) is 0 Å². The van der Waals surface area contributed by atoms with Crippen LogP contribution in [0.5, 0.6) is 0 Å². The molecule has 7 nitrogen and oxygen atoms in total. The first-order chi connectivity index (χ1) is 12.0. The second kappa shape index (κ2) is 7.13. The molecular weight excluding hydrogens is 320 g/mol. The van der Waals surface area contributed by atoms with Gasteiger partial charge in [0.2, 0.25) is 0 Å². The summed E-state index contributed by atoms with van der Waals surface area (Å²) in [6, 6.07) is 5.21. The average Bonchev–Trinajstić information content (AvgIpc) is 2.94. The van der Waals surface area contributed by atoms with Gasteiger partial charge < -0.3 is 14.6 Å². The van der Waals surface area contributed by atoms with Gasteiger partial charge in [0.05, 0.1) is 5.56 Å². The summed E-state index contributed by atoms with van der Waals surface area (Å²) in [6.45, 7) is 5.03. The fourth-order valence-electron chi connectivity index (χ4n) is 3.32. The third-order valence-electron chi connectivity index (χ3n) is 4.65. The van der Waals surface area contributed by atoms with E-state index in [0.29, 0.717) is 17.9 Å². The van der Waals surface area contributed by atoms with Crippen molar-refractivity contribution in [2.24, 2.45) is 7.05 Å². The fraction of sp³-hybridized carbons (Fsp3) is 0.500. The summed E-state index contributed by atoms with van der Waals surface area (Å²) in [5.41, 5.74) is 0.455. The third-order valence-corrected chi connectivity index (χ3v) is 4.65. The van der Waals surface area contributed by atoms with Gasteiger partial charge in [-0.2, -0.15) is 5.10 Å². The van der Waals surface area contributed by atoms with Crippen molar-refractivity contribution in [2.75, 3.05) is 18.0 Å². The lowest BCUT2D eigenvalue weighted by Gasteiger charge is -2.36. The molecule has 1 fully saturated rings. The van der Waals surface area contributed by atoms with Gasteiger partial charge in [0.15, 0.2) is 0 Å². The molecule has 1 aliphatic rings. The largest absolute Gasteiger partial charge is 0.466 e. The van der Waals surface area contributed by atoms with Crippen LogP contribution in [0.4, 0.5) is 5.82 Å². The van der Waals surface area contributed by atoms with Gasteiger partial charge in [-0.15, -0.1) is 0 Å². The highest BCUT2D eigenvalue weighted by molar-refractivity contribution is 5.95. The molecule has 0 spiro atoms. The van der Waals surface area contributed by atoms with Crippen molar-refractivity contribution < 1.29 is 9.21 Å². The van der Waals surface area contributed by atoms with E-state index in [0.717, 1.165) is 37.4 Å². The Morgan fingerprint density at radius 1 is 1.36 bits per heavy atom. The summed E-state index contributed by atoms with van der Waals surface area (Å²) in [7, 11) is 1.65. The van der Waals surface area contributed by atoms with Crippen LogP contribution < -0.4 is 15.8 Å². The molecule has 1 saturated heterocycles. The molecule has 1 unspecified atom stereocenters. The summed E-state index contributed by atoms with van der Waals surface area (Å²) < 4.78 is 6.77. The summed E-state index contributed by atoms with van der Waals surface area (Å²) in [6.07, 6.45) is 3.18. The van der Waals surface area contributed by atoms with Crippen LogP contribution >= 0.6 is 0 Å². The van der Waals surface area contributed by atoms with E-state index in [9.17, 15) is 9.59 Å². The number of rotatable bonds is 4. The monoisotopic (exact) mass is 344 g/mol. The maximum Gasteiger partial charge on any atom is 0.266 e. The zero-order chi connectivity index (χ0) is 18.0. The first kappa shape index (κ1) is 17.3. The fourth-order valence-corrected chi connectivity index (χ4v) is 3.32. The molecule has 0 bridgehead atoms. The summed E-state index contributed by atoms with van der Waals surface area (Å²) in [4.78, 5) is 26.1. The molecule has 3 heterocycles. The lowest BCUT2D eigenvalue weighted by molar-refractivity contribution is 0.0948. The van der Waals surface area contributed by atoms with Crippen molar-refractivity contribution in [1.82, 2.24) is 15.1 Å². The van der Waals surface area contributed by atoms with Crippen molar-refractivity contribution in [1.29, 1.82) is 0 Å². The zero-order valence-electron chi connectivity index (χ0n) is 14.9. The van der Waals surface area contributed by atoms with Crippen molar-refractivity contribution >= 4 is 11.7 Å². The van der Waals surface area contributed by atoms with E-state index in [4.69, 9.17) is 4.42 Å². The van der Waals surface area contributed by atoms with Crippen LogP contribution in [0, 0.1) is 13.8 Å². The molecule has 0 aliphatic carbocycles. The smallest absolute Gasteiger partial charge is 0.266 e. The number of piperidine rings is 1. The van der Waals surface area contributed by atoms with Crippen LogP contribution in [0.3, 0.4) is 0 Å². The van der Waals surface area contributed by atoms with E-state index in [2.05, 4.69) is 15.3 Å². The number of nitrogens with one attached hydrogen (secondary N) is 1. The van der Waals surface area contributed by atoms with Gasteiger partial charge in [-0.05, 0) is 45.2 Å². The quantitative estimate of drug-likeness (QED) is 0.914. The van der Waals surface area contributed by atoms with Gasteiger partial charge >= 0.3 is 0 Å². The van der Waals surface area contributed by atoms with Gasteiger partial charge in [0, 0.05) is 32.2 Å². The Labute approximate surface area is 146 Å².